The van der Waals surface area contributed by atoms with Gasteiger partial charge in [-0.25, -0.2) is 14.4 Å². The summed E-state index contributed by atoms with van der Waals surface area (Å²) in [5.41, 5.74) is 7.10. The Morgan fingerprint density at radius 1 is 1.07 bits per heavy atom. The quantitative estimate of drug-likeness (QED) is 0.808. The molecule has 3 nitrogen and oxygen atoms in total. The third-order valence-electron chi connectivity index (χ3n) is 2.04. The van der Waals surface area contributed by atoms with E-state index in [2.05, 4.69) is 9.97 Å². The topological polar surface area (TPSA) is 51.8 Å². The van der Waals surface area contributed by atoms with Crippen LogP contribution in [0.5, 0.6) is 0 Å². The van der Waals surface area contributed by atoms with Gasteiger partial charge in [-0.15, -0.1) is 0 Å². The maximum absolute atomic E-state index is 12.7. The Morgan fingerprint density at radius 2 is 1.67 bits per heavy atom. The Kier molecular flexibility index (Phi) is 2.69. The second-order valence-corrected chi connectivity index (χ2v) is 3.13. The first kappa shape index (κ1) is 9.73. The average Bonchev–Trinajstić information content (AvgIpc) is 2.30. The van der Waals surface area contributed by atoms with Gasteiger partial charge >= 0.3 is 0 Å². The van der Waals surface area contributed by atoms with E-state index in [1.165, 1.54) is 12.1 Å². The molecule has 0 radical (unpaired) electrons. The molecule has 15 heavy (non-hydrogen) atoms. The molecule has 2 rings (SSSR count). The van der Waals surface area contributed by atoms with E-state index in [-0.39, 0.29) is 5.82 Å². The van der Waals surface area contributed by atoms with Crippen molar-refractivity contribution in [3.63, 3.8) is 0 Å². The summed E-state index contributed by atoms with van der Waals surface area (Å²) in [5.74, 6) is 0.310. The van der Waals surface area contributed by atoms with Crippen LogP contribution in [0.2, 0.25) is 0 Å². The molecule has 4 heteroatoms. The molecule has 0 amide bonds. The van der Waals surface area contributed by atoms with E-state index in [9.17, 15) is 4.39 Å². The summed E-state index contributed by atoms with van der Waals surface area (Å²) >= 11 is 0. The second kappa shape index (κ2) is 4.14. The summed E-state index contributed by atoms with van der Waals surface area (Å²) < 4.78 is 12.7. The number of rotatable bonds is 2. The van der Waals surface area contributed by atoms with Crippen LogP contribution in [0.25, 0.3) is 11.4 Å². The summed E-state index contributed by atoms with van der Waals surface area (Å²) in [4.78, 5) is 8.27. The van der Waals surface area contributed by atoms with Gasteiger partial charge in [0, 0.05) is 30.1 Å². The molecule has 1 aromatic carbocycles. The SMILES string of the molecule is NCc1cnc(-c2ccc(F)cc2)nc1. The predicted octanol–water partition coefficient (Wildman–Crippen LogP) is 1.74. The van der Waals surface area contributed by atoms with E-state index in [0.717, 1.165) is 11.1 Å². The van der Waals surface area contributed by atoms with Crippen molar-refractivity contribution in [3.8, 4) is 11.4 Å². The van der Waals surface area contributed by atoms with Crippen LogP contribution in [0.15, 0.2) is 36.7 Å². The zero-order chi connectivity index (χ0) is 10.7. The fourth-order valence-electron chi connectivity index (χ4n) is 1.21. The van der Waals surface area contributed by atoms with Crippen LogP contribution in [0.1, 0.15) is 5.56 Å². The van der Waals surface area contributed by atoms with Crippen LogP contribution in [-0.4, -0.2) is 9.97 Å². The molecule has 0 fully saturated rings. The van der Waals surface area contributed by atoms with Crippen molar-refractivity contribution in [2.24, 2.45) is 5.73 Å². The third kappa shape index (κ3) is 2.16. The molecular formula is C11H10FN3. The minimum absolute atomic E-state index is 0.266. The lowest BCUT2D eigenvalue weighted by atomic mass is 10.2. The maximum atomic E-state index is 12.7. The van der Waals surface area contributed by atoms with E-state index in [4.69, 9.17) is 5.73 Å². The Hall–Kier alpha value is -1.81. The van der Waals surface area contributed by atoms with Crippen molar-refractivity contribution in [2.45, 2.75) is 6.54 Å². The van der Waals surface area contributed by atoms with Crippen molar-refractivity contribution in [1.29, 1.82) is 0 Å². The van der Waals surface area contributed by atoms with E-state index >= 15 is 0 Å². The van der Waals surface area contributed by atoms with Gasteiger partial charge in [0.15, 0.2) is 5.82 Å². The van der Waals surface area contributed by atoms with Gasteiger partial charge in [-0.2, -0.15) is 0 Å². The van der Waals surface area contributed by atoms with Gasteiger partial charge in [-0.3, -0.25) is 0 Å². The number of hydrogen-bond acceptors (Lipinski definition) is 3. The van der Waals surface area contributed by atoms with E-state index < -0.39 is 0 Å². The first-order valence-electron chi connectivity index (χ1n) is 4.56. The van der Waals surface area contributed by atoms with E-state index in [0.29, 0.717) is 12.4 Å². The Balaban J connectivity index is 2.33. The predicted molar refractivity (Wildman–Crippen MR) is 55.3 cm³/mol. The average molecular weight is 203 g/mol. The molecule has 0 bridgehead atoms. The second-order valence-electron chi connectivity index (χ2n) is 3.13. The van der Waals surface area contributed by atoms with Crippen molar-refractivity contribution >= 4 is 0 Å². The Labute approximate surface area is 86.8 Å². The van der Waals surface area contributed by atoms with Gasteiger partial charge in [0.1, 0.15) is 5.82 Å². The lowest BCUT2D eigenvalue weighted by Crippen LogP contribution is -1.98. The molecule has 0 atom stereocenters. The van der Waals surface area contributed by atoms with Crippen LogP contribution in [0.4, 0.5) is 4.39 Å². The highest BCUT2D eigenvalue weighted by Gasteiger charge is 2.00. The normalized spacial score (nSPS) is 10.3. The van der Waals surface area contributed by atoms with Gasteiger partial charge in [0.2, 0.25) is 0 Å². The third-order valence-corrected chi connectivity index (χ3v) is 2.04. The molecule has 2 aromatic rings. The number of benzene rings is 1. The Morgan fingerprint density at radius 3 is 2.20 bits per heavy atom. The molecule has 0 aliphatic carbocycles. The van der Waals surface area contributed by atoms with Crippen LogP contribution in [0, 0.1) is 5.82 Å². The molecule has 1 heterocycles. The number of nitrogens with two attached hydrogens (primary N) is 1. The molecule has 76 valence electrons. The van der Waals surface area contributed by atoms with Gasteiger partial charge in [0.25, 0.3) is 0 Å². The maximum Gasteiger partial charge on any atom is 0.159 e. The van der Waals surface area contributed by atoms with Gasteiger partial charge < -0.3 is 5.73 Å². The summed E-state index contributed by atoms with van der Waals surface area (Å²) in [5, 5.41) is 0. The van der Waals surface area contributed by atoms with Crippen LogP contribution < -0.4 is 5.73 Å². The highest BCUT2D eigenvalue weighted by atomic mass is 19.1. The standard InChI is InChI=1S/C11H10FN3/c12-10-3-1-9(2-4-10)11-14-6-8(5-13)7-15-11/h1-4,6-7H,5,13H2. The number of halogens is 1. The van der Waals surface area contributed by atoms with E-state index in [1.807, 2.05) is 0 Å². The number of nitrogens with zero attached hydrogens (tertiary/aromatic N) is 2. The van der Waals surface area contributed by atoms with E-state index in [1.54, 1.807) is 24.5 Å². The zero-order valence-electron chi connectivity index (χ0n) is 8.02. The molecule has 0 spiro atoms. The first-order chi connectivity index (χ1) is 7.29. The van der Waals surface area contributed by atoms with Crippen molar-refractivity contribution in [2.75, 3.05) is 0 Å². The summed E-state index contributed by atoms with van der Waals surface area (Å²) in [6.45, 7) is 0.420. The first-order valence-corrected chi connectivity index (χ1v) is 4.56. The minimum Gasteiger partial charge on any atom is -0.326 e. The molecule has 2 N–H and O–H groups in total. The fourth-order valence-corrected chi connectivity index (χ4v) is 1.21. The molecule has 0 aliphatic rings. The van der Waals surface area contributed by atoms with Crippen LogP contribution in [0.3, 0.4) is 0 Å². The molecule has 0 saturated heterocycles. The minimum atomic E-state index is -0.266. The number of hydrogen-bond donors (Lipinski definition) is 1. The fraction of sp³-hybridized carbons (Fsp3) is 0.0909. The summed E-state index contributed by atoms with van der Waals surface area (Å²) in [6, 6.07) is 6.06. The molecule has 0 unspecified atom stereocenters. The monoisotopic (exact) mass is 203 g/mol. The molecule has 0 saturated carbocycles. The van der Waals surface area contributed by atoms with Crippen LogP contribution in [-0.2, 0) is 6.54 Å². The van der Waals surface area contributed by atoms with Crippen molar-refractivity contribution in [1.82, 2.24) is 9.97 Å². The largest absolute Gasteiger partial charge is 0.326 e. The van der Waals surface area contributed by atoms with Crippen molar-refractivity contribution < 1.29 is 4.39 Å². The number of aromatic nitrogens is 2. The highest BCUT2D eigenvalue weighted by Crippen LogP contribution is 2.14. The zero-order valence-corrected chi connectivity index (χ0v) is 8.02. The van der Waals surface area contributed by atoms with Gasteiger partial charge in [0.05, 0.1) is 0 Å². The highest BCUT2D eigenvalue weighted by molar-refractivity contribution is 5.54. The lowest BCUT2D eigenvalue weighted by Gasteiger charge is -2.00. The molecule has 0 aliphatic heterocycles. The Bertz CT molecular complexity index is 436. The molecular weight excluding hydrogens is 193 g/mol. The summed E-state index contributed by atoms with van der Waals surface area (Å²) in [7, 11) is 0. The van der Waals surface area contributed by atoms with Crippen LogP contribution >= 0.6 is 0 Å². The van der Waals surface area contributed by atoms with Crippen molar-refractivity contribution in [3.05, 3.63) is 48.0 Å². The smallest absolute Gasteiger partial charge is 0.159 e. The summed E-state index contributed by atoms with van der Waals surface area (Å²) in [6.07, 6.45) is 3.34. The molecule has 1 aromatic heterocycles. The van der Waals surface area contributed by atoms with Gasteiger partial charge in [-0.1, -0.05) is 0 Å². The lowest BCUT2D eigenvalue weighted by molar-refractivity contribution is 0.628. The van der Waals surface area contributed by atoms with Gasteiger partial charge in [-0.05, 0) is 24.3 Å².